The topological polar surface area (TPSA) is 94.4 Å². The maximum atomic E-state index is 12.1. The van der Waals surface area contributed by atoms with Crippen LogP contribution in [0.1, 0.15) is 5.82 Å². The Balaban J connectivity index is 1.41. The van der Waals surface area contributed by atoms with Gasteiger partial charge >= 0.3 is 5.76 Å². The highest BCUT2D eigenvalue weighted by Gasteiger charge is 2.12. The molecule has 0 unspecified atom stereocenters. The van der Waals surface area contributed by atoms with Crippen LogP contribution in [0.5, 0.6) is 0 Å². The van der Waals surface area contributed by atoms with Crippen LogP contribution in [0.4, 0.5) is 0 Å². The minimum atomic E-state index is -0.542. The lowest BCUT2D eigenvalue weighted by Crippen LogP contribution is -2.32. The SMILES string of the molecule is O=C(Cn1c(=O)oc2ccccc21)NCCc1nnc2ccccn12. The number of para-hydroxylation sites is 2. The Morgan fingerprint density at radius 3 is 2.88 bits per heavy atom. The van der Waals surface area contributed by atoms with Gasteiger partial charge in [0.1, 0.15) is 12.4 Å². The molecule has 25 heavy (non-hydrogen) atoms. The summed E-state index contributed by atoms with van der Waals surface area (Å²) in [5.74, 6) is -0.0379. The van der Waals surface area contributed by atoms with Crippen molar-refractivity contribution >= 4 is 22.7 Å². The summed E-state index contributed by atoms with van der Waals surface area (Å²) < 4.78 is 8.31. The van der Waals surface area contributed by atoms with E-state index in [0.717, 1.165) is 11.5 Å². The van der Waals surface area contributed by atoms with Crippen LogP contribution in [0, 0.1) is 0 Å². The zero-order chi connectivity index (χ0) is 17.2. The van der Waals surface area contributed by atoms with Crippen LogP contribution in [0.3, 0.4) is 0 Å². The molecule has 4 rings (SSSR count). The molecule has 0 bridgehead atoms. The largest absolute Gasteiger partial charge is 0.420 e. The molecular weight excluding hydrogens is 322 g/mol. The second-order valence-corrected chi connectivity index (χ2v) is 5.57. The molecule has 1 amide bonds. The van der Waals surface area contributed by atoms with Crippen LogP contribution in [-0.4, -0.2) is 31.6 Å². The first-order valence-corrected chi connectivity index (χ1v) is 7.86. The van der Waals surface area contributed by atoms with Gasteiger partial charge in [-0.3, -0.25) is 13.8 Å². The number of benzene rings is 1. The molecule has 0 fully saturated rings. The van der Waals surface area contributed by atoms with Gasteiger partial charge < -0.3 is 9.73 Å². The summed E-state index contributed by atoms with van der Waals surface area (Å²) in [6.07, 6.45) is 2.42. The number of fused-ring (bicyclic) bond motifs is 2. The lowest BCUT2D eigenvalue weighted by atomic mass is 10.3. The Labute approximate surface area is 141 Å². The molecule has 1 aromatic carbocycles. The molecule has 126 valence electrons. The van der Waals surface area contributed by atoms with E-state index in [2.05, 4.69) is 15.5 Å². The Bertz CT molecular complexity index is 1110. The highest BCUT2D eigenvalue weighted by atomic mass is 16.4. The summed E-state index contributed by atoms with van der Waals surface area (Å²) in [4.78, 5) is 24.0. The molecule has 4 aromatic rings. The maximum Gasteiger partial charge on any atom is 0.420 e. The second kappa shape index (κ2) is 6.23. The van der Waals surface area contributed by atoms with E-state index >= 15 is 0 Å². The van der Waals surface area contributed by atoms with Gasteiger partial charge in [0.2, 0.25) is 5.91 Å². The van der Waals surface area contributed by atoms with Crippen molar-refractivity contribution in [3.05, 3.63) is 65.0 Å². The summed E-state index contributed by atoms with van der Waals surface area (Å²) in [6, 6.07) is 12.7. The summed E-state index contributed by atoms with van der Waals surface area (Å²) in [5, 5.41) is 11.0. The van der Waals surface area contributed by atoms with Gasteiger partial charge in [0.15, 0.2) is 11.2 Å². The highest BCUT2D eigenvalue weighted by Crippen LogP contribution is 2.11. The van der Waals surface area contributed by atoms with E-state index in [1.54, 1.807) is 24.3 Å². The minimum absolute atomic E-state index is 0.0869. The van der Waals surface area contributed by atoms with Crippen molar-refractivity contribution in [3.8, 4) is 0 Å². The van der Waals surface area contributed by atoms with Crippen LogP contribution in [0.2, 0.25) is 0 Å². The molecule has 8 heteroatoms. The molecule has 0 saturated carbocycles. The quantitative estimate of drug-likeness (QED) is 0.586. The number of carbonyl (C=O) groups is 1. The minimum Gasteiger partial charge on any atom is -0.408 e. The summed E-state index contributed by atoms with van der Waals surface area (Å²) in [7, 11) is 0. The first kappa shape index (κ1) is 15.1. The van der Waals surface area contributed by atoms with Gasteiger partial charge in [-0.25, -0.2) is 4.79 Å². The average molecular weight is 337 g/mol. The van der Waals surface area contributed by atoms with Gasteiger partial charge in [0, 0.05) is 19.2 Å². The molecule has 0 saturated heterocycles. The predicted octanol–water partition coefficient (Wildman–Crippen LogP) is 0.996. The fourth-order valence-corrected chi connectivity index (χ4v) is 2.74. The van der Waals surface area contributed by atoms with Gasteiger partial charge in [0.05, 0.1) is 5.52 Å². The molecular formula is C17H15N5O3. The van der Waals surface area contributed by atoms with Crippen LogP contribution >= 0.6 is 0 Å². The van der Waals surface area contributed by atoms with Crippen molar-refractivity contribution in [1.29, 1.82) is 0 Å². The number of nitrogens with zero attached hydrogens (tertiary/aromatic N) is 4. The molecule has 0 atom stereocenters. The van der Waals surface area contributed by atoms with Gasteiger partial charge in [0.25, 0.3) is 0 Å². The zero-order valence-corrected chi connectivity index (χ0v) is 13.3. The van der Waals surface area contributed by atoms with Crippen molar-refractivity contribution in [2.45, 2.75) is 13.0 Å². The predicted molar refractivity (Wildman–Crippen MR) is 90.2 cm³/mol. The van der Waals surface area contributed by atoms with Gasteiger partial charge in [-0.15, -0.1) is 10.2 Å². The lowest BCUT2D eigenvalue weighted by molar-refractivity contribution is -0.121. The fourth-order valence-electron chi connectivity index (χ4n) is 2.74. The third-order valence-electron chi connectivity index (χ3n) is 3.93. The Morgan fingerprint density at radius 1 is 1.12 bits per heavy atom. The summed E-state index contributed by atoms with van der Waals surface area (Å²) in [6.45, 7) is 0.315. The van der Waals surface area contributed by atoms with E-state index in [1.807, 2.05) is 28.8 Å². The monoisotopic (exact) mass is 337 g/mol. The highest BCUT2D eigenvalue weighted by molar-refractivity contribution is 5.79. The molecule has 0 aliphatic heterocycles. The maximum absolute atomic E-state index is 12.1. The summed E-state index contributed by atoms with van der Waals surface area (Å²) in [5.41, 5.74) is 1.83. The van der Waals surface area contributed by atoms with Crippen molar-refractivity contribution in [2.24, 2.45) is 0 Å². The van der Waals surface area contributed by atoms with Gasteiger partial charge in [-0.1, -0.05) is 18.2 Å². The number of pyridine rings is 1. The summed E-state index contributed by atoms with van der Waals surface area (Å²) >= 11 is 0. The number of hydrogen-bond donors (Lipinski definition) is 1. The first-order valence-electron chi connectivity index (χ1n) is 7.86. The second-order valence-electron chi connectivity index (χ2n) is 5.57. The number of oxazole rings is 1. The van der Waals surface area contributed by atoms with Gasteiger partial charge in [-0.05, 0) is 24.3 Å². The third-order valence-corrected chi connectivity index (χ3v) is 3.93. The van der Waals surface area contributed by atoms with Crippen LogP contribution in [0.25, 0.3) is 16.7 Å². The van der Waals surface area contributed by atoms with E-state index in [0.29, 0.717) is 24.1 Å². The van der Waals surface area contributed by atoms with Crippen molar-refractivity contribution in [3.63, 3.8) is 0 Å². The molecule has 8 nitrogen and oxygen atoms in total. The van der Waals surface area contributed by atoms with Crippen LogP contribution in [-0.2, 0) is 17.8 Å². The first-order chi connectivity index (χ1) is 12.2. The number of aromatic nitrogens is 4. The lowest BCUT2D eigenvalue weighted by Gasteiger charge is -2.05. The van der Waals surface area contributed by atoms with E-state index < -0.39 is 5.76 Å². The van der Waals surface area contributed by atoms with Gasteiger partial charge in [-0.2, -0.15) is 0 Å². The number of carbonyl (C=O) groups excluding carboxylic acids is 1. The molecule has 0 radical (unpaired) electrons. The van der Waals surface area contributed by atoms with E-state index in [4.69, 9.17) is 4.42 Å². The number of hydrogen-bond acceptors (Lipinski definition) is 5. The third kappa shape index (κ3) is 2.89. The van der Waals surface area contributed by atoms with E-state index in [-0.39, 0.29) is 12.5 Å². The van der Waals surface area contributed by atoms with Crippen molar-refractivity contribution in [2.75, 3.05) is 6.54 Å². The number of rotatable bonds is 5. The van der Waals surface area contributed by atoms with Crippen LogP contribution in [0.15, 0.2) is 57.9 Å². The standard InChI is InChI=1S/C17H15N5O3/c23-16(11-22-12-5-1-2-6-13(12)25-17(22)24)18-9-8-15-20-19-14-7-3-4-10-21(14)15/h1-7,10H,8-9,11H2,(H,18,23). The van der Waals surface area contributed by atoms with Crippen molar-refractivity contribution < 1.29 is 9.21 Å². The van der Waals surface area contributed by atoms with Crippen molar-refractivity contribution in [1.82, 2.24) is 24.5 Å². The number of nitrogens with one attached hydrogen (secondary N) is 1. The Morgan fingerprint density at radius 2 is 1.96 bits per heavy atom. The fraction of sp³-hybridized carbons (Fsp3) is 0.176. The molecule has 0 aliphatic carbocycles. The molecule has 0 spiro atoms. The van der Waals surface area contributed by atoms with Crippen LogP contribution < -0.4 is 11.1 Å². The average Bonchev–Trinajstić information content (AvgIpc) is 3.17. The van der Waals surface area contributed by atoms with E-state index in [9.17, 15) is 9.59 Å². The number of amides is 1. The zero-order valence-electron chi connectivity index (χ0n) is 13.3. The van der Waals surface area contributed by atoms with E-state index in [1.165, 1.54) is 4.57 Å². The smallest absolute Gasteiger partial charge is 0.408 e. The Kier molecular flexibility index (Phi) is 3.77. The molecule has 3 aromatic heterocycles. The Hall–Kier alpha value is -3.42. The normalized spacial score (nSPS) is 11.2. The molecule has 3 heterocycles. The molecule has 0 aliphatic rings. The molecule has 1 N–H and O–H groups in total.